The van der Waals surface area contributed by atoms with Crippen molar-refractivity contribution in [2.75, 3.05) is 0 Å². The van der Waals surface area contributed by atoms with Gasteiger partial charge in [0.15, 0.2) is 0 Å². The van der Waals surface area contributed by atoms with Crippen LogP contribution in [0.4, 0.5) is 0 Å². The molecule has 0 aliphatic carbocycles. The van der Waals surface area contributed by atoms with Gasteiger partial charge in [0.2, 0.25) is 5.91 Å². The number of carbonyl (C=O) groups is 2. The minimum absolute atomic E-state index is 0.0237. The molecule has 1 aromatic heterocycles. The first kappa shape index (κ1) is 16.2. The van der Waals surface area contributed by atoms with E-state index in [0.29, 0.717) is 12.8 Å². The van der Waals surface area contributed by atoms with E-state index in [-0.39, 0.29) is 17.5 Å². The summed E-state index contributed by atoms with van der Waals surface area (Å²) in [7, 11) is 0. The fourth-order valence-corrected chi connectivity index (χ4v) is 2.86. The van der Waals surface area contributed by atoms with Gasteiger partial charge in [0.1, 0.15) is 5.01 Å². The lowest BCUT2D eigenvalue weighted by Gasteiger charge is -2.14. The molecule has 6 heteroatoms. The minimum Gasteiger partial charge on any atom is -0.478 e. The average Bonchev–Trinajstić information content (AvgIpc) is 3.05. The Bertz CT molecular complexity index is 623. The molecule has 0 radical (unpaired) electrons. The van der Waals surface area contributed by atoms with Gasteiger partial charge in [-0.25, -0.2) is 9.78 Å². The van der Waals surface area contributed by atoms with Crippen LogP contribution >= 0.6 is 11.3 Å². The summed E-state index contributed by atoms with van der Waals surface area (Å²) in [5.41, 5.74) is 1.20. The smallest absolute Gasteiger partial charge is 0.335 e. The Morgan fingerprint density at radius 2 is 2.05 bits per heavy atom. The third-order valence-electron chi connectivity index (χ3n) is 3.33. The van der Waals surface area contributed by atoms with E-state index in [9.17, 15) is 9.59 Å². The van der Waals surface area contributed by atoms with Crippen molar-refractivity contribution in [3.05, 3.63) is 52.0 Å². The van der Waals surface area contributed by atoms with E-state index >= 15 is 0 Å². The van der Waals surface area contributed by atoms with Crippen LogP contribution in [0.15, 0.2) is 35.8 Å². The van der Waals surface area contributed by atoms with Gasteiger partial charge in [0.25, 0.3) is 0 Å². The Morgan fingerprint density at radius 3 is 2.59 bits per heavy atom. The quantitative estimate of drug-likeness (QED) is 0.822. The van der Waals surface area contributed by atoms with Gasteiger partial charge in [0.05, 0.1) is 11.6 Å². The largest absolute Gasteiger partial charge is 0.478 e. The van der Waals surface area contributed by atoms with Gasteiger partial charge in [-0.1, -0.05) is 19.1 Å². The first-order valence-corrected chi connectivity index (χ1v) is 7.99. The van der Waals surface area contributed by atoms with Gasteiger partial charge >= 0.3 is 5.97 Å². The summed E-state index contributed by atoms with van der Waals surface area (Å²) >= 11 is 1.53. The molecule has 2 aromatic rings. The summed E-state index contributed by atoms with van der Waals surface area (Å²) in [5, 5.41) is 14.6. The first-order chi connectivity index (χ1) is 10.6. The molecule has 0 aliphatic rings. The highest BCUT2D eigenvalue weighted by atomic mass is 32.1. The predicted octanol–water partition coefficient (Wildman–Crippen LogP) is 3.04. The van der Waals surface area contributed by atoms with Crippen molar-refractivity contribution >= 4 is 23.2 Å². The van der Waals surface area contributed by atoms with Crippen molar-refractivity contribution in [2.45, 2.75) is 32.2 Å². The topological polar surface area (TPSA) is 79.3 Å². The van der Waals surface area contributed by atoms with Crippen molar-refractivity contribution in [1.82, 2.24) is 10.3 Å². The van der Waals surface area contributed by atoms with Crippen LogP contribution in [-0.2, 0) is 11.2 Å². The van der Waals surface area contributed by atoms with Crippen LogP contribution in [-0.4, -0.2) is 22.0 Å². The summed E-state index contributed by atoms with van der Waals surface area (Å²) in [6.07, 6.45) is 3.49. The molecular formula is C16H18N2O3S. The Hall–Kier alpha value is -2.21. The lowest BCUT2D eigenvalue weighted by Crippen LogP contribution is -2.28. The van der Waals surface area contributed by atoms with Crippen molar-refractivity contribution in [3.63, 3.8) is 0 Å². The third-order valence-corrected chi connectivity index (χ3v) is 4.22. The summed E-state index contributed by atoms with van der Waals surface area (Å²) in [4.78, 5) is 27.0. The maximum atomic E-state index is 12.0. The van der Waals surface area contributed by atoms with Gasteiger partial charge in [-0.2, -0.15) is 0 Å². The molecule has 0 bridgehead atoms. The van der Waals surface area contributed by atoms with Crippen molar-refractivity contribution in [3.8, 4) is 0 Å². The number of nitrogens with zero attached hydrogens (tertiary/aromatic N) is 1. The van der Waals surface area contributed by atoms with E-state index in [1.807, 2.05) is 12.3 Å². The van der Waals surface area contributed by atoms with Crippen LogP contribution in [0.1, 0.15) is 46.7 Å². The van der Waals surface area contributed by atoms with Crippen LogP contribution in [0.3, 0.4) is 0 Å². The fourth-order valence-electron chi connectivity index (χ4n) is 2.08. The van der Waals surface area contributed by atoms with Crippen LogP contribution in [0.5, 0.6) is 0 Å². The molecule has 1 aromatic carbocycles. The summed E-state index contributed by atoms with van der Waals surface area (Å²) in [5.74, 6) is -0.970. The number of thiazole rings is 1. The third kappa shape index (κ3) is 4.39. The fraction of sp³-hybridized carbons (Fsp3) is 0.312. The van der Waals surface area contributed by atoms with E-state index < -0.39 is 5.97 Å². The van der Waals surface area contributed by atoms with Crippen molar-refractivity contribution < 1.29 is 14.7 Å². The Labute approximate surface area is 133 Å². The predicted molar refractivity (Wildman–Crippen MR) is 85.0 cm³/mol. The molecule has 22 heavy (non-hydrogen) atoms. The van der Waals surface area contributed by atoms with Crippen LogP contribution in [0.25, 0.3) is 0 Å². The van der Waals surface area contributed by atoms with Gasteiger partial charge < -0.3 is 10.4 Å². The number of hydrogen-bond donors (Lipinski definition) is 2. The normalized spacial score (nSPS) is 11.9. The number of amides is 1. The molecule has 116 valence electrons. The Morgan fingerprint density at radius 1 is 1.32 bits per heavy atom. The number of carboxylic acid groups (broad SMARTS) is 1. The van der Waals surface area contributed by atoms with E-state index in [1.165, 1.54) is 11.3 Å². The monoisotopic (exact) mass is 318 g/mol. The molecule has 0 saturated carbocycles. The molecule has 1 heterocycles. The van der Waals surface area contributed by atoms with Crippen LogP contribution in [0, 0.1) is 0 Å². The van der Waals surface area contributed by atoms with E-state index in [1.54, 1.807) is 30.5 Å². The number of rotatable bonds is 7. The number of aryl methyl sites for hydroxylation is 1. The second-order valence-corrected chi connectivity index (χ2v) is 5.83. The number of benzene rings is 1. The number of aromatic carboxylic acids is 1. The maximum Gasteiger partial charge on any atom is 0.335 e. The molecular weight excluding hydrogens is 300 g/mol. The molecule has 0 spiro atoms. The molecule has 0 saturated heterocycles. The Balaban J connectivity index is 1.85. The molecule has 1 unspecified atom stereocenters. The molecule has 2 rings (SSSR count). The molecule has 1 amide bonds. The minimum atomic E-state index is -0.946. The highest BCUT2D eigenvalue weighted by molar-refractivity contribution is 7.09. The van der Waals surface area contributed by atoms with Gasteiger partial charge in [0, 0.05) is 18.0 Å². The highest BCUT2D eigenvalue weighted by Gasteiger charge is 2.14. The lowest BCUT2D eigenvalue weighted by molar-refractivity contribution is -0.121. The SMILES string of the molecule is CCC(NC(=O)CCc1ccc(C(=O)O)cc1)c1nccs1. The Kier molecular flexibility index (Phi) is 5.66. The molecule has 5 nitrogen and oxygen atoms in total. The summed E-state index contributed by atoms with van der Waals surface area (Å²) in [6.45, 7) is 2.01. The van der Waals surface area contributed by atoms with Crippen LogP contribution in [0.2, 0.25) is 0 Å². The van der Waals surface area contributed by atoms with Gasteiger partial charge in [-0.15, -0.1) is 11.3 Å². The lowest BCUT2D eigenvalue weighted by atomic mass is 10.1. The van der Waals surface area contributed by atoms with E-state index in [0.717, 1.165) is 17.0 Å². The number of hydrogen-bond acceptors (Lipinski definition) is 4. The first-order valence-electron chi connectivity index (χ1n) is 7.11. The van der Waals surface area contributed by atoms with Gasteiger partial charge in [-0.05, 0) is 30.5 Å². The maximum absolute atomic E-state index is 12.0. The molecule has 2 N–H and O–H groups in total. The zero-order valence-corrected chi connectivity index (χ0v) is 13.1. The molecule has 0 fully saturated rings. The average molecular weight is 318 g/mol. The zero-order chi connectivity index (χ0) is 15.9. The standard InChI is InChI=1S/C16H18N2O3S/c1-2-13(15-17-9-10-22-15)18-14(19)8-5-11-3-6-12(7-4-11)16(20)21/h3-4,6-7,9-10,13H,2,5,8H2,1H3,(H,18,19)(H,20,21). The van der Waals surface area contributed by atoms with Gasteiger partial charge in [-0.3, -0.25) is 4.79 Å². The molecule has 0 aliphatic heterocycles. The zero-order valence-electron chi connectivity index (χ0n) is 12.3. The van der Waals surface area contributed by atoms with E-state index in [4.69, 9.17) is 5.11 Å². The van der Waals surface area contributed by atoms with Crippen molar-refractivity contribution in [2.24, 2.45) is 0 Å². The second-order valence-electron chi connectivity index (χ2n) is 4.90. The molecule has 1 atom stereocenters. The van der Waals surface area contributed by atoms with Crippen molar-refractivity contribution in [1.29, 1.82) is 0 Å². The number of carbonyl (C=O) groups excluding carboxylic acids is 1. The number of nitrogens with one attached hydrogen (secondary N) is 1. The van der Waals surface area contributed by atoms with E-state index in [2.05, 4.69) is 10.3 Å². The highest BCUT2D eigenvalue weighted by Crippen LogP contribution is 2.19. The second kappa shape index (κ2) is 7.70. The number of carboxylic acids is 1. The summed E-state index contributed by atoms with van der Waals surface area (Å²) < 4.78 is 0. The van der Waals surface area contributed by atoms with Crippen LogP contribution < -0.4 is 5.32 Å². The number of aromatic nitrogens is 1. The summed E-state index contributed by atoms with van der Waals surface area (Å²) in [6, 6.07) is 6.56.